The van der Waals surface area contributed by atoms with E-state index in [1.807, 2.05) is 7.05 Å². The maximum Gasteiger partial charge on any atom is 0.245 e. The molecule has 5 nitrogen and oxygen atoms in total. The van der Waals surface area contributed by atoms with E-state index in [-0.39, 0.29) is 5.28 Å². The van der Waals surface area contributed by atoms with Crippen molar-refractivity contribution in [1.29, 1.82) is 0 Å². The summed E-state index contributed by atoms with van der Waals surface area (Å²) in [5.74, 6) is 0.612. The third kappa shape index (κ3) is 2.97. The predicted octanol–water partition coefficient (Wildman–Crippen LogP) is 1.71. The number of nitrogens with zero attached hydrogens (tertiary/aromatic N) is 5. The van der Waals surface area contributed by atoms with Gasteiger partial charge in [-0.05, 0) is 44.6 Å². The van der Waals surface area contributed by atoms with Gasteiger partial charge in [-0.25, -0.2) is 0 Å². The van der Waals surface area contributed by atoms with Crippen LogP contribution in [0.3, 0.4) is 0 Å². The molecule has 0 atom stereocenters. The molecule has 7 heteroatoms. The Balaban J connectivity index is 2.13. The maximum absolute atomic E-state index is 5.99. The van der Waals surface area contributed by atoms with Gasteiger partial charge in [0.25, 0.3) is 0 Å². The zero-order valence-electron chi connectivity index (χ0n) is 9.90. The molecule has 0 aromatic carbocycles. The van der Waals surface area contributed by atoms with Gasteiger partial charge in [0.2, 0.25) is 5.28 Å². The summed E-state index contributed by atoms with van der Waals surface area (Å²) in [6.45, 7) is 2.16. The lowest BCUT2D eigenvalue weighted by molar-refractivity contribution is 0.252. The van der Waals surface area contributed by atoms with Crippen LogP contribution >= 0.6 is 23.2 Å². The number of hydrogen-bond donors (Lipinski definition) is 0. The molecule has 1 saturated heterocycles. The smallest absolute Gasteiger partial charge is 0.245 e. The molecule has 2 heterocycles. The van der Waals surface area contributed by atoms with Crippen LogP contribution in [0.1, 0.15) is 12.8 Å². The first kappa shape index (κ1) is 12.8. The van der Waals surface area contributed by atoms with E-state index < -0.39 is 0 Å². The summed E-state index contributed by atoms with van der Waals surface area (Å²) < 4.78 is 0. The van der Waals surface area contributed by atoms with E-state index in [1.165, 1.54) is 0 Å². The molecule has 0 N–H and O–H groups in total. The second-order valence-corrected chi connectivity index (χ2v) is 5.04. The van der Waals surface area contributed by atoms with Crippen molar-refractivity contribution in [2.75, 3.05) is 32.1 Å². The van der Waals surface area contributed by atoms with Gasteiger partial charge >= 0.3 is 0 Å². The molecule has 17 heavy (non-hydrogen) atoms. The quantitative estimate of drug-likeness (QED) is 0.822. The summed E-state index contributed by atoms with van der Waals surface area (Å²) >= 11 is 11.7. The SMILES string of the molecule is CN1CCC(N(C)c2nc(Cl)nnc2Cl)CC1. The van der Waals surface area contributed by atoms with Crippen LogP contribution in [-0.4, -0.2) is 53.3 Å². The molecule has 0 radical (unpaired) electrons. The number of likely N-dealkylation sites (tertiary alicyclic amines) is 1. The van der Waals surface area contributed by atoms with Crippen molar-refractivity contribution in [2.24, 2.45) is 0 Å². The van der Waals surface area contributed by atoms with Crippen molar-refractivity contribution in [2.45, 2.75) is 18.9 Å². The Hall–Kier alpha value is -0.650. The number of hydrogen-bond acceptors (Lipinski definition) is 5. The van der Waals surface area contributed by atoms with Crippen molar-refractivity contribution in [3.8, 4) is 0 Å². The molecule has 1 fully saturated rings. The zero-order chi connectivity index (χ0) is 12.4. The Bertz CT molecular complexity index is 392. The lowest BCUT2D eigenvalue weighted by Gasteiger charge is -2.35. The fourth-order valence-electron chi connectivity index (χ4n) is 2.07. The molecule has 0 saturated carbocycles. The van der Waals surface area contributed by atoms with Crippen molar-refractivity contribution in [3.05, 3.63) is 10.4 Å². The number of halogens is 2. The molecule has 1 aromatic rings. The molecule has 2 rings (SSSR count). The average Bonchev–Trinajstić information content (AvgIpc) is 2.32. The van der Waals surface area contributed by atoms with Gasteiger partial charge in [0.1, 0.15) is 0 Å². The first-order valence-corrected chi connectivity index (χ1v) is 6.30. The first-order valence-electron chi connectivity index (χ1n) is 5.55. The van der Waals surface area contributed by atoms with E-state index in [0.717, 1.165) is 25.9 Å². The number of rotatable bonds is 2. The van der Waals surface area contributed by atoms with E-state index in [2.05, 4.69) is 32.0 Å². The van der Waals surface area contributed by atoms with E-state index in [4.69, 9.17) is 23.2 Å². The highest BCUT2D eigenvalue weighted by Crippen LogP contribution is 2.25. The Morgan fingerprint density at radius 3 is 2.53 bits per heavy atom. The first-order chi connectivity index (χ1) is 8.08. The monoisotopic (exact) mass is 275 g/mol. The van der Waals surface area contributed by atoms with Gasteiger partial charge in [-0.15, -0.1) is 10.2 Å². The summed E-state index contributed by atoms with van der Waals surface area (Å²) in [7, 11) is 4.11. The minimum absolute atomic E-state index is 0.129. The molecule has 0 aliphatic carbocycles. The molecule has 0 bridgehead atoms. The van der Waals surface area contributed by atoms with Crippen molar-refractivity contribution in [3.63, 3.8) is 0 Å². The second-order valence-electron chi connectivity index (χ2n) is 4.34. The van der Waals surface area contributed by atoms with Gasteiger partial charge < -0.3 is 9.80 Å². The van der Waals surface area contributed by atoms with Crippen LogP contribution in [0.2, 0.25) is 10.4 Å². The van der Waals surface area contributed by atoms with Crippen molar-refractivity contribution in [1.82, 2.24) is 20.1 Å². The summed E-state index contributed by atoms with van der Waals surface area (Å²) in [5, 5.41) is 7.83. The van der Waals surface area contributed by atoms with Crippen LogP contribution < -0.4 is 4.90 Å². The summed E-state index contributed by atoms with van der Waals surface area (Å²) in [6.07, 6.45) is 2.18. The van der Waals surface area contributed by atoms with Crippen LogP contribution in [0.15, 0.2) is 0 Å². The molecule has 0 spiro atoms. The van der Waals surface area contributed by atoms with Crippen LogP contribution in [-0.2, 0) is 0 Å². The van der Waals surface area contributed by atoms with Crippen LogP contribution in [0.5, 0.6) is 0 Å². The molecule has 94 valence electrons. The Morgan fingerprint density at radius 1 is 1.24 bits per heavy atom. The van der Waals surface area contributed by atoms with Gasteiger partial charge in [-0.1, -0.05) is 11.6 Å². The topological polar surface area (TPSA) is 45.2 Å². The van der Waals surface area contributed by atoms with Gasteiger partial charge in [-0.2, -0.15) is 4.98 Å². The summed E-state index contributed by atoms with van der Waals surface area (Å²) in [5.41, 5.74) is 0. The van der Waals surface area contributed by atoms with Crippen molar-refractivity contribution >= 4 is 29.0 Å². The second kappa shape index (κ2) is 5.33. The van der Waals surface area contributed by atoms with Gasteiger partial charge in [0.15, 0.2) is 11.0 Å². The number of aromatic nitrogens is 3. The zero-order valence-corrected chi connectivity index (χ0v) is 11.4. The summed E-state index contributed by atoms with van der Waals surface area (Å²) in [6, 6.07) is 0.427. The Labute approximate surface area is 111 Å². The summed E-state index contributed by atoms with van der Waals surface area (Å²) in [4.78, 5) is 8.51. The predicted molar refractivity (Wildman–Crippen MR) is 68.8 cm³/mol. The van der Waals surface area contributed by atoms with Crippen LogP contribution in [0.25, 0.3) is 0 Å². The van der Waals surface area contributed by atoms with Gasteiger partial charge in [0.05, 0.1) is 0 Å². The van der Waals surface area contributed by atoms with E-state index in [9.17, 15) is 0 Å². The fourth-order valence-corrected chi connectivity index (χ4v) is 2.40. The standard InChI is InChI=1S/C10H15Cl2N5/c1-16-5-3-7(4-6-16)17(2)9-8(11)14-15-10(12)13-9/h7H,3-6H2,1-2H3. The largest absolute Gasteiger partial charge is 0.354 e. The third-order valence-corrected chi connectivity index (χ3v) is 3.58. The molecule has 1 aromatic heterocycles. The van der Waals surface area contributed by atoms with Crippen molar-refractivity contribution < 1.29 is 0 Å². The molecule has 1 aliphatic rings. The van der Waals surface area contributed by atoms with Gasteiger partial charge in [0, 0.05) is 13.1 Å². The Kier molecular flexibility index (Phi) is 4.01. The molecule has 1 aliphatic heterocycles. The van der Waals surface area contributed by atoms with E-state index in [0.29, 0.717) is 17.0 Å². The molecule has 0 amide bonds. The molecular weight excluding hydrogens is 261 g/mol. The highest BCUT2D eigenvalue weighted by molar-refractivity contribution is 6.32. The number of piperidine rings is 1. The minimum atomic E-state index is 0.129. The molecule has 0 unspecified atom stereocenters. The Morgan fingerprint density at radius 2 is 1.88 bits per heavy atom. The number of anilines is 1. The molecular formula is C10H15Cl2N5. The maximum atomic E-state index is 5.99. The van der Waals surface area contributed by atoms with Gasteiger partial charge in [-0.3, -0.25) is 0 Å². The van der Waals surface area contributed by atoms with E-state index in [1.54, 1.807) is 0 Å². The minimum Gasteiger partial charge on any atom is -0.354 e. The highest BCUT2D eigenvalue weighted by atomic mass is 35.5. The highest BCUT2D eigenvalue weighted by Gasteiger charge is 2.23. The fraction of sp³-hybridized carbons (Fsp3) is 0.700. The lowest BCUT2D eigenvalue weighted by Crippen LogP contribution is -2.42. The third-order valence-electron chi connectivity index (χ3n) is 3.17. The normalized spacial score (nSPS) is 18.4. The van der Waals surface area contributed by atoms with Crippen LogP contribution in [0.4, 0.5) is 5.82 Å². The van der Waals surface area contributed by atoms with E-state index >= 15 is 0 Å². The van der Waals surface area contributed by atoms with Crippen LogP contribution in [0, 0.1) is 0 Å². The average molecular weight is 276 g/mol. The lowest BCUT2D eigenvalue weighted by atomic mass is 10.0.